The summed E-state index contributed by atoms with van der Waals surface area (Å²) >= 11 is 0. The van der Waals surface area contributed by atoms with Gasteiger partial charge in [0, 0.05) is 6.54 Å². The monoisotopic (exact) mass is 296 g/mol. The van der Waals surface area contributed by atoms with Gasteiger partial charge in [-0.3, -0.25) is 0 Å². The highest BCUT2D eigenvalue weighted by atomic mass is 16.6. The van der Waals surface area contributed by atoms with Crippen LogP contribution in [0.2, 0.25) is 0 Å². The van der Waals surface area contributed by atoms with Crippen LogP contribution in [0.25, 0.3) is 0 Å². The summed E-state index contributed by atoms with van der Waals surface area (Å²) in [7, 11) is 3.12. The minimum atomic E-state index is -0.555. The normalized spacial score (nSPS) is 12.5. The molecule has 0 radical (unpaired) electrons. The van der Waals surface area contributed by atoms with Crippen molar-refractivity contribution < 1.29 is 19.0 Å². The molecule has 0 aliphatic carbocycles. The lowest BCUT2D eigenvalue weighted by molar-refractivity contribution is 0.0505. The standard InChI is InChI=1S/C15H24N2O4/c1-15(2,3)21-14(18)17-11(9-16)10-6-7-12(19-4)13(8-10)20-5/h6-8,11H,9,16H2,1-5H3,(H,17,18). The highest BCUT2D eigenvalue weighted by molar-refractivity contribution is 5.68. The zero-order chi connectivity index (χ0) is 16.0. The fourth-order valence-electron chi connectivity index (χ4n) is 1.80. The van der Waals surface area contributed by atoms with Crippen LogP contribution in [-0.4, -0.2) is 32.5 Å². The Hall–Kier alpha value is -1.95. The molecule has 0 saturated carbocycles. The summed E-state index contributed by atoms with van der Waals surface area (Å²) in [5.74, 6) is 1.20. The number of amides is 1. The van der Waals surface area contributed by atoms with Crippen LogP contribution in [0.15, 0.2) is 18.2 Å². The van der Waals surface area contributed by atoms with Gasteiger partial charge in [0.1, 0.15) is 5.60 Å². The fraction of sp³-hybridized carbons (Fsp3) is 0.533. The molecular formula is C15H24N2O4. The Labute approximate surface area is 125 Å². The third-order valence-electron chi connectivity index (χ3n) is 2.74. The second-order valence-corrected chi connectivity index (χ2v) is 5.55. The van der Waals surface area contributed by atoms with Gasteiger partial charge in [-0.25, -0.2) is 4.79 Å². The van der Waals surface area contributed by atoms with Gasteiger partial charge in [-0.15, -0.1) is 0 Å². The average molecular weight is 296 g/mol. The summed E-state index contributed by atoms with van der Waals surface area (Å²) < 4.78 is 15.7. The molecule has 0 saturated heterocycles. The van der Waals surface area contributed by atoms with Crippen LogP contribution < -0.4 is 20.5 Å². The lowest BCUT2D eigenvalue weighted by atomic mass is 10.1. The lowest BCUT2D eigenvalue weighted by Crippen LogP contribution is -2.37. The number of rotatable bonds is 5. The van der Waals surface area contributed by atoms with Crippen molar-refractivity contribution >= 4 is 6.09 Å². The first kappa shape index (κ1) is 17.1. The van der Waals surface area contributed by atoms with Crippen molar-refractivity contribution in [3.63, 3.8) is 0 Å². The van der Waals surface area contributed by atoms with Gasteiger partial charge in [-0.2, -0.15) is 0 Å². The predicted octanol–water partition coefficient (Wildman–Crippen LogP) is 2.23. The summed E-state index contributed by atoms with van der Waals surface area (Å²) in [4.78, 5) is 11.8. The minimum absolute atomic E-state index is 0.245. The zero-order valence-corrected chi connectivity index (χ0v) is 13.2. The summed E-state index contributed by atoms with van der Waals surface area (Å²) in [6, 6.07) is 5.03. The predicted molar refractivity (Wildman–Crippen MR) is 80.7 cm³/mol. The highest BCUT2D eigenvalue weighted by Crippen LogP contribution is 2.29. The van der Waals surface area contributed by atoms with E-state index in [-0.39, 0.29) is 12.6 Å². The van der Waals surface area contributed by atoms with Crippen LogP contribution in [-0.2, 0) is 4.74 Å². The van der Waals surface area contributed by atoms with E-state index in [2.05, 4.69) is 5.32 Å². The molecule has 0 bridgehead atoms. The smallest absolute Gasteiger partial charge is 0.408 e. The van der Waals surface area contributed by atoms with E-state index in [0.29, 0.717) is 11.5 Å². The van der Waals surface area contributed by atoms with Crippen molar-refractivity contribution in [1.82, 2.24) is 5.32 Å². The number of alkyl carbamates (subject to hydrolysis) is 1. The molecule has 0 aromatic heterocycles. The summed E-state index contributed by atoms with van der Waals surface area (Å²) in [5, 5.41) is 2.75. The molecule has 1 aromatic carbocycles. The van der Waals surface area contributed by atoms with E-state index in [0.717, 1.165) is 5.56 Å². The van der Waals surface area contributed by atoms with E-state index in [1.165, 1.54) is 0 Å². The van der Waals surface area contributed by atoms with E-state index in [1.54, 1.807) is 47.1 Å². The first-order valence-electron chi connectivity index (χ1n) is 6.72. The van der Waals surface area contributed by atoms with E-state index in [9.17, 15) is 4.79 Å². The van der Waals surface area contributed by atoms with Crippen LogP contribution in [0.4, 0.5) is 4.79 Å². The van der Waals surface area contributed by atoms with Crippen molar-refractivity contribution in [2.24, 2.45) is 5.73 Å². The Balaban J connectivity index is 2.87. The second-order valence-electron chi connectivity index (χ2n) is 5.55. The quantitative estimate of drug-likeness (QED) is 0.870. The van der Waals surface area contributed by atoms with E-state index < -0.39 is 11.7 Å². The van der Waals surface area contributed by atoms with Gasteiger partial charge in [0.2, 0.25) is 0 Å². The third-order valence-corrected chi connectivity index (χ3v) is 2.74. The lowest BCUT2D eigenvalue weighted by Gasteiger charge is -2.23. The van der Waals surface area contributed by atoms with Crippen LogP contribution in [0.3, 0.4) is 0 Å². The minimum Gasteiger partial charge on any atom is -0.493 e. The number of hydrogen-bond acceptors (Lipinski definition) is 5. The van der Waals surface area contributed by atoms with Crippen LogP contribution in [0, 0.1) is 0 Å². The van der Waals surface area contributed by atoms with Gasteiger partial charge in [0.15, 0.2) is 11.5 Å². The maximum absolute atomic E-state index is 11.8. The summed E-state index contributed by atoms with van der Waals surface area (Å²) in [6.45, 7) is 5.66. The largest absolute Gasteiger partial charge is 0.493 e. The van der Waals surface area contributed by atoms with E-state index in [1.807, 2.05) is 6.07 Å². The van der Waals surface area contributed by atoms with Crippen LogP contribution in [0.5, 0.6) is 11.5 Å². The molecule has 1 atom stereocenters. The molecule has 1 aromatic rings. The summed E-state index contributed by atoms with van der Waals surface area (Å²) in [6.07, 6.45) is -0.507. The molecule has 0 aliphatic heterocycles. The number of benzene rings is 1. The highest BCUT2D eigenvalue weighted by Gasteiger charge is 2.20. The molecule has 6 heteroatoms. The third kappa shape index (κ3) is 5.15. The molecule has 1 amide bonds. The van der Waals surface area contributed by atoms with Gasteiger partial charge >= 0.3 is 6.09 Å². The van der Waals surface area contributed by atoms with Crippen molar-refractivity contribution in [2.45, 2.75) is 32.4 Å². The number of ether oxygens (including phenoxy) is 3. The number of nitrogens with one attached hydrogen (secondary N) is 1. The Morgan fingerprint density at radius 3 is 2.33 bits per heavy atom. The molecule has 0 heterocycles. The first-order valence-corrected chi connectivity index (χ1v) is 6.72. The molecule has 0 aliphatic rings. The molecule has 6 nitrogen and oxygen atoms in total. The first-order chi connectivity index (χ1) is 9.80. The Morgan fingerprint density at radius 2 is 1.86 bits per heavy atom. The molecule has 21 heavy (non-hydrogen) atoms. The Morgan fingerprint density at radius 1 is 1.24 bits per heavy atom. The van der Waals surface area contributed by atoms with Crippen LogP contribution >= 0.6 is 0 Å². The van der Waals surface area contributed by atoms with Gasteiger partial charge < -0.3 is 25.3 Å². The van der Waals surface area contributed by atoms with Gasteiger partial charge in [-0.1, -0.05) is 6.07 Å². The molecule has 0 fully saturated rings. The van der Waals surface area contributed by atoms with Crippen molar-refractivity contribution in [3.8, 4) is 11.5 Å². The molecule has 1 rings (SSSR count). The number of carbonyl (C=O) groups excluding carboxylic acids is 1. The van der Waals surface area contributed by atoms with E-state index >= 15 is 0 Å². The average Bonchev–Trinajstić information content (AvgIpc) is 2.42. The van der Waals surface area contributed by atoms with Crippen LogP contribution in [0.1, 0.15) is 32.4 Å². The van der Waals surface area contributed by atoms with Crippen molar-refractivity contribution in [2.75, 3.05) is 20.8 Å². The van der Waals surface area contributed by atoms with Gasteiger partial charge in [-0.05, 0) is 38.5 Å². The number of nitrogens with two attached hydrogens (primary N) is 1. The van der Waals surface area contributed by atoms with Crippen molar-refractivity contribution in [1.29, 1.82) is 0 Å². The molecular weight excluding hydrogens is 272 g/mol. The SMILES string of the molecule is COc1ccc(C(CN)NC(=O)OC(C)(C)C)cc1OC. The molecule has 1 unspecified atom stereocenters. The van der Waals surface area contributed by atoms with E-state index in [4.69, 9.17) is 19.9 Å². The Kier molecular flexibility index (Phi) is 5.84. The Bertz CT molecular complexity index is 483. The summed E-state index contributed by atoms with van der Waals surface area (Å²) in [5.41, 5.74) is 6.00. The molecule has 118 valence electrons. The fourth-order valence-corrected chi connectivity index (χ4v) is 1.80. The molecule has 0 spiro atoms. The van der Waals surface area contributed by atoms with Crippen molar-refractivity contribution in [3.05, 3.63) is 23.8 Å². The maximum Gasteiger partial charge on any atom is 0.408 e. The van der Waals surface area contributed by atoms with Gasteiger partial charge in [0.05, 0.1) is 20.3 Å². The topological polar surface area (TPSA) is 82.8 Å². The number of hydrogen-bond donors (Lipinski definition) is 2. The molecule has 3 N–H and O–H groups in total. The zero-order valence-electron chi connectivity index (χ0n) is 13.2. The number of carbonyl (C=O) groups is 1. The van der Waals surface area contributed by atoms with Gasteiger partial charge in [0.25, 0.3) is 0 Å². The number of methoxy groups -OCH3 is 2. The second kappa shape index (κ2) is 7.17. The maximum atomic E-state index is 11.8.